The second-order valence-electron chi connectivity index (χ2n) is 2.68. The first-order valence-electron chi connectivity index (χ1n) is 3.90. The Morgan fingerprint density at radius 2 is 1.75 bits per heavy atom. The lowest BCUT2D eigenvalue weighted by molar-refractivity contribution is 0.0829. The van der Waals surface area contributed by atoms with E-state index in [0.29, 0.717) is 13.1 Å². The number of likely N-dealkylation sites (tertiary alicyclic amines) is 1. The molecule has 12 heavy (non-hydrogen) atoms. The third kappa shape index (κ3) is 2.41. The second kappa shape index (κ2) is 3.94. The van der Waals surface area contributed by atoms with Crippen LogP contribution in [0.5, 0.6) is 0 Å². The van der Waals surface area contributed by atoms with Crippen molar-refractivity contribution < 1.29 is 19.4 Å². The molecule has 1 rings (SSSR count). The zero-order valence-corrected chi connectivity index (χ0v) is 6.65. The molecule has 0 aromatic rings. The molecule has 0 atom stereocenters. The average molecular weight is 173 g/mol. The van der Waals surface area contributed by atoms with Gasteiger partial charge in [0, 0.05) is 13.1 Å². The van der Waals surface area contributed by atoms with Gasteiger partial charge in [-0.05, 0) is 19.3 Å². The topological polar surface area (TPSA) is 66.8 Å². The third-order valence-corrected chi connectivity index (χ3v) is 1.79. The molecule has 1 amide bonds. The van der Waals surface area contributed by atoms with Crippen LogP contribution in [0.1, 0.15) is 19.3 Å². The van der Waals surface area contributed by atoms with Crippen molar-refractivity contribution in [1.29, 1.82) is 0 Å². The lowest BCUT2D eigenvalue weighted by Crippen LogP contribution is -2.36. The lowest BCUT2D eigenvalue weighted by atomic mass is 10.1. The Bertz CT molecular complexity index is 186. The Kier molecular flexibility index (Phi) is 2.90. The number of carboxylic acid groups (broad SMARTS) is 1. The molecule has 0 spiro atoms. The first-order chi connectivity index (χ1) is 5.70. The van der Waals surface area contributed by atoms with Gasteiger partial charge in [0.05, 0.1) is 0 Å². The van der Waals surface area contributed by atoms with Crippen molar-refractivity contribution in [3.63, 3.8) is 0 Å². The predicted octanol–water partition coefficient (Wildman–Crippen LogP) is 1.29. The number of carbonyl (C=O) groups excluding carboxylic acids is 1. The average Bonchev–Trinajstić information content (AvgIpc) is 2.05. The van der Waals surface area contributed by atoms with Crippen LogP contribution in [0.15, 0.2) is 0 Å². The summed E-state index contributed by atoms with van der Waals surface area (Å²) in [5.41, 5.74) is 0. The van der Waals surface area contributed by atoms with Gasteiger partial charge >= 0.3 is 12.2 Å². The minimum absolute atomic E-state index is 0.603. The normalized spacial score (nSPS) is 17.2. The zero-order valence-electron chi connectivity index (χ0n) is 6.65. The van der Waals surface area contributed by atoms with Crippen molar-refractivity contribution in [3.05, 3.63) is 0 Å². The van der Waals surface area contributed by atoms with Crippen molar-refractivity contribution in [2.75, 3.05) is 13.1 Å². The van der Waals surface area contributed by atoms with E-state index in [1.54, 1.807) is 0 Å². The Morgan fingerprint density at radius 3 is 2.25 bits per heavy atom. The molecule has 1 aliphatic heterocycles. The van der Waals surface area contributed by atoms with E-state index in [1.807, 2.05) is 0 Å². The molecule has 0 aromatic heterocycles. The summed E-state index contributed by atoms with van der Waals surface area (Å²) in [6.45, 7) is 1.21. The van der Waals surface area contributed by atoms with Gasteiger partial charge in [0.1, 0.15) is 0 Å². The van der Waals surface area contributed by atoms with Crippen LogP contribution in [0.2, 0.25) is 0 Å². The quantitative estimate of drug-likeness (QED) is 0.442. The Balaban J connectivity index is 2.34. The summed E-state index contributed by atoms with van der Waals surface area (Å²) in [4.78, 5) is 22.3. The molecule has 5 heteroatoms. The zero-order chi connectivity index (χ0) is 8.97. The highest BCUT2D eigenvalue weighted by Crippen LogP contribution is 2.09. The molecule has 0 unspecified atom stereocenters. The Morgan fingerprint density at radius 1 is 1.17 bits per heavy atom. The molecule has 1 N–H and O–H groups in total. The van der Waals surface area contributed by atoms with Crippen LogP contribution in [0.3, 0.4) is 0 Å². The third-order valence-electron chi connectivity index (χ3n) is 1.79. The lowest BCUT2D eigenvalue weighted by Gasteiger charge is -2.24. The molecule has 0 saturated carbocycles. The molecular weight excluding hydrogens is 162 g/mol. The molecule has 1 fully saturated rings. The number of piperidine rings is 1. The van der Waals surface area contributed by atoms with Crippen LogP contribution in [-0.4, -0.2) is 35.3 Å². The second-order valence-corrected chi connectivity index (χ2v) is 2.68. The van der Waals surface area contributed by atoms with Gasteiger partial charge in [-0.25, -0.2) is 9.59 Å². The molecule has 0 aliphatic carbocycles. The molecule has 1 heterocycles. The van der Waals surface area contributed by atoms with Crippen LogP contribution in [0.4, 0.5) is 9.59 Å². The molecule has 68 valence electrons. The highest BCUT2D eigenvalue weighted by molar-refractivity contribution is 5.79. The monoisotopic (exact) mass is 173 g/mol. The van der Waals surface area contributed by atoms with Gasteiger partial charge in [-0.15, -0.1) is 0 Å². The SMILES string of the molecule is O=C(O)OC(=O)N1CCCCC1. The standard InChI is InChI=1S/C7H11NO4/c9-6(12-7(10)11)8-4-2-1-3-5-8/h1-5H2,(H,10,11). The molecular formula is C7H11NO4. The van der Waals surface area contributed by atoms with E-state index in [4.69, 9.17) is 5.11 Å². The highest BCUT2D eigenvalue weighted by Gasteiger charge is 2.19. The van der Waals surface area contributed by atoms with Gasteiger partial charge < -0.3 is 14.7 Å². The van der Waals surface area contributed by atoms with E-state index in [1.165, 1.54) is 4.90 Å². The molecule has 0 radical (unpaired) electrons. The largest absolute Gasteiger partial charge is 0.514 e. The van der Waals surface area contributed by atoms with Gasteiger partial charge in [-0.2, -0.15) is 0 Å². The summed E-state index contributed by atoms with van der Waals surface area (Å²) in [5, 5.41) is 8.14. The van der Waals surface area contributed by atoms with E-state index in [-0.39, 0.29) is 0 Å². The van der Waals surface area contributed by atoms with Gasteiger partial charge in [-0.3, -0.25) is 0 Å². The van der Waals surface area contributed by atoms with Crippen molar-refractivity contribution in [3.8, 4) is 0 Å². The minimum Gasteiger partial charge on any atom is -0.449 e. The van der Waals surface area contributed by atoms with Gasteiger partial charge in [0.25, 0.3) is 0 Å². The highest BCUT2D eigenvalue weighted by atomic mass is 16.7. The van der Waals surface area contributed by atoms with Crippen molar-refractivity contribution in [1.82, 2.24) is 4.90 Å². The van der Waals surface area contributed by atoms with Crippen LogP contribution in [0.25, 0.3) is 0 Å². The maximum absolute atomic E-state index is 10.9. The molecule has 1 saturated heterocycles. The van der Waals surface area contributed by atoms with Crippen LogP contribution in [-0.2, 0) is 4.74 Å². The molecule has 5 nitrogen and oxygen atoms in total. The van der Waals surface area contributed by atoms with Gasteiger partial charge in [-0.1, -0.05) is 0 Å². The summed E-state index contributed by atoms with van der Waals surface area (Å²) >= 11 is 0. The molecule has 1 aliphatic rings. The summed E-state index contributed by atoms with van der Waals surface area (Å²) in [6, 6.07) is 0. The number of amides is 1. The van der Waals surface area contributed by atoms with Crippen LogP contribution in [0, 0.1) is 0 Å². The maximum atomic E-state index is 10.9. The fourth-order valence-corrected chi connectivity index (χ4v) is 1.22. The number of hydrogen-bond donors (Lipinski definition) is 1. The first-order valence-corrected chi connectivity index (χ1v) is 3.90. The van der Waals surface area contributed by atoms with Crippen molar-refractivity contribution in [2.45, 2.75) is 19.3 Å². The number of rotatable bonds is 0. The molecule has 0 bridgehead atoms. The molecule has 0 aromatic carbocycles. The summed E-state index contributed by atoms with van der Waals surface area (Å²) in [7, 11) is 0. The van der Waals surface area contributed by atoms with E-state index >= 15 is 0 Å². The van der Waals surface area contributed by atoms with Crippen molar-refractivity contribution in [2.24, 2.45) is 0 Å². The fraction of sp³-hybridized carbons (Fsp3) is 0.714. The van der Waals surface area contributed by atoms with Crippen molar-refractivity contribution >= 4 is 12.2 Å². The van der Waals surface area contributed by atoms with E-state index in [0.717, 1.165) is 19.3 Å². The minimum atomic E-state index is -1.54. The Hall–Kier alpha value is -1.26. The summed E-state index contributed by atoms with van der Waals surface area (Å²) < 4.78 is 3.99. The summed E-state index contributed by atoms with van der Waals surface area (Å²) in [6.07, 6.45) is 0.660. The van der Waals surface area contributed by atoms with E-state index < -0.39 is 12.2 Å². The number of hydrogen-bond acceptors (Lipinski definition) is 3. The van der Waals surface area contributed by atoms with Crippen LogP contribution < -0.4 is 0 Å². The predicted molar refractivity (Wildman–Crippen MR) is 39.9 cm³/mol. The first kappa shape index (κ1) is 8.83. The van der Waals surface area contributed by atoms with E-state index in [9.17, 15) is 9.59 Å². The number of carbonyl (C=O) groups is 2. The summed E-state index contributed by atoms with van der Waals surface area (Å²) in [5.74, 6) is 0. The smallest absolute Gasteiger partial charge is 0.449 e. The van der Waals surface area contributed by atoms with Crippen LogP contribution >= 0.6 is 0 Å². The number of nitrogens with zero attached hydrogens (tertiary/aromatic N) is 1. The number of ether oxygens (including phenoxy) is 1. The fourth-order valence-electron chi connectivity index (χ4n) is 1.22. The van der Waals surface area contributed by atoms with Gasteiger partial charge in [0.2, 0.25) is 0 Å². The van der Waals surface area contributed by atoms with E-state index in [2.05, 4.69) is 4.74 Å². The van der Waals surface area contributed by atoms with Gasteiger partial charge in [0.15, 0.2) is 0 Å². The Labute approximate surface area is 69.9 Å². The maximum Gasteiger partial charge on any atom is 0.514 e.